The molecule has 0 aliphatic carbocycles. The van der Waals surface area contributed by atoms with Gasteiger partial charge < -0.3 is 25.0 Å². The molecule has 2 aromatic rings. The van der Waals surface area contributed by atoms with Gasteiger partial charge in [0.05, 0.1) is 7.11 Å². The van der Waals surface area contributed by atoms with E-state index in [1.54, 1.807) is 26.1 Å². The highest BCUT2D eigenvalue weighted by Gasteiger charge is 2.19. The van der Waals surface area contributed by atoms with E-state index in [1.165, 1.54) is 0 Å². The molecule has 0 aliphatic rings. The number of rotatable bonds is 7. The highest BCUT2D eigenvalue weighted by molar-refractivity contribution is 14.0. The van der Waals surface area contributed by atoms with Crippen LogP contribution in [-0.4, -0.2) is 43.8 Å². The summed E-state index contributed by atoms with van der Waals surface area (Å²) in [4.78, 5) is 18.0. The number of methoxy groups -OCH3 is 1. The van der Waals surface area contributed by atoms with Crippen molar-refractivity contribution in [2.45, 2.75) is 46.0 Å². The fraction of sp³-hybridized carbons (Fsp3) is 0.417. The zero-order valence-corrected chi connectivity index (χ0v) is 22.1. The van der Waals surface area contributed by atoms with Gasteiger partial charge in [0, 0.05) is 33.7 Å². The molecule has 0 aliphatic heterocycles. The summed E-state index contributed by atoms with van der Waals surface area (Å²) in [7, 11) is 5.14. The number of ether oxygens (including phenoxy) is 2. The standard InChI is InChI=1S/C24H34N4O3.HI/c1-24(2,3)31-23(29)28(5)17-19-12-10-18(11-13-19)15-26-22(25-4)27-16-20-8-7-9-21(14-20)30-6;/h7-14H,15-17H2,1-6H3,(H2,25,26,27);1H. The summed E-state index contributed by atoms with van der Waals surface area (Å²) in [5.41, 5.74) is 2.77. The number of guanidine groups is 1. The Hall–Kier alpha value is -2.49. The minimum absolute atomic E-state index is 0. The van der Waals surface area contributed by atoms with Crippen LogP contribution in [-0.2, 0) is 24.4 Å². The Labute approximate surface area is 208 Å². The summed E-state index contributed by atoms with van der Waals surface area (Å²) in [5.74, 6) is 1.55. The Bertz CT molecular complexity index is 880. The average molecular weight is 554 g/mol. The van der Waals surface area contributed by atoms with E-state index >= 15 is 0 Å². The summed E-state index contributed by atoms with van der Waals surface area (Å²) < 4.78 is 10.6. The Balaban J connectivity index is 0.00000512. The molecule has 0 spiro atoms. The van der Waals surface area contributed by atoms with Crippen molar-refractivity contribution in [1.82, 2.24) is 15.5 Å². The normalized spacial score (nSPS) is 11.2. The molecular formula is C24H35IN4O3. The van der Waals surface area contributed by atoms with Gasteiger partial charge in [0.2, 0.25) is 0 Å². The van der Waals surface area contributed by atoms with Crippen LogP contribution in [0.15, 0.2) is 53.5 Å². The summed E-state index contributed by atoms with van der Waals surface area (Å²) >= 11 is 0. The molecule has 8 heteroatoms. The van der Waals surface area contributed by atoms with Crippen LogP contribution in [0, 0.1) is 0 Å². The first-order chi connectivity index (χ1) is 14.7. The van der Waals surface area contributed by atoms with Crippen LogP contribution >= 0.6 is 24.0 Å². The number of carbonyl (C=O) groups is 1. The van der Waals surface area contributed by atoms with Gasteiger partial charge in [-0.3, -0.25) is 4.99 Å². The maximum absolute atomic E-state index is 12.1. The number of hydrogen-bond donors (Lipinski definition) is 2. The number of nitrogens with one attached hydrogen (secondary N) is 2. The van der Waals surface area contributed by atoms with Crippen LogP contribution in [0.3, 0.4) is 0 Å². The lowest BCUT2D eigenvalue weighted by molar-refractivity contribution is 0.0285. The molecule has 1 amide bonds. The maximum atomic E-state index is 12.1. The zero-order valence-electron chi connectivity index (χ0n) is 19.8. The molecule has 0 bridgehead atoms. The minimum atomic E-state index is -0.500. The minimum Gasteiger partial charge on any atom is -0.497 e. The van der Waals surface area contributed by atoms with Crippen LogP contribution in [0.25, 0.3) is 0 Å². The second kappa shape index (κ2) is 13.1. The lowest BCUT2D eigenvalue weighted by atomic mass is 10.1. The van der Waals surface area contributed by atoms with Gasteiger partial charge >= 0.3 is 6.09 Å². The number of benzene rings is 2. The first-order valence-corrected chi connectivity index (χ1v) is 10.3. The molecule has 2 rings (SSSR count). The first-order valence-electron chi connectivity index (χ1n) is 10.3. The lowest BCUT2D eigenvalue weighted by Crippen LogP contribution is -2.36. The highest BCUT2D eigenvalue weighted by Crippen LogP contribution is 2.13. The third-order valence-corrected chi connectivity index (χ3v) is 4.43. The van der Waals surface area contributed by atoms with Gasteiger partial charge in [0.1, 0.15) is 11.4 Å². The summed E-state index contributed by atoms with van der Waals surface area (Å²) in [6.45, 7) is 7.36. The largest absolute Gasteiger partial charge is 0.497 e. The van der Waals surface area contributed by atoms with E-state index in [0.29, 0.717) is 19.6 Å². The lowest BCUT2D eigenvalue weighted by Gasteiger charge is -2.24. The number of carbonyl (C=O) groups excluding carboxylic acids is 1. The smallest absolute Gasteiger partial charge is 0.410 e. The molecule has 7 nitrogen and oxygen atoms in total. The van der Waals surface area contributed by atoms with E-state index < -0.39 is 5.60 Å². The topological polar surface area (TPSA) is 75.2 Å². The van der Waals surface area contributed by atoms with Gasteiger partial charge in [-0.25, -0.2) is 4.79 Å². The van der Waals surface area contributed by atoms with Crippen LogP contribution < -0.4 is 15.4 Å². The maximum Gasteiger partial charge on any atom is 0.410 e. The molecule has 0 atom stereocenters. The number of hydrogen-bond acceptors (Lipinski definition) is 4. The van der Waals surface area contributed by atoms with E-state index in [1.807, 2.05) is 69.3 Å². The van der Waals surface area contributed by atoms with Gasteiger partial charge in [-0.1, -0.05) is 36.4 Å². The Kier molecular flexibility index (Phi) is 11.3. The second-order valence-corrected chi connectivity index (χ2v) is 8.28. The number of nitrogens with zero attached hydrogens (tertiary/aromatic N) is 2. The van der Waals surface area contributed by atoms with Crippen molar-refractivity contribution in [3.8, 4) is 5.75 Å². The molecule has 176 valence electrons. The quantitative estimate of drug-likeness (QED) is 0.299. The Morgan fingerprint density at radius 2 is 1.59 bits per heavy atom. The molecule has 32 heavy (non-hydrogen) atoms. The summed E-state index contributed by atoms with van der Waals surface area (Å²) in [6.07, 6.45) is -0.329. The van der Waals surface area contributed by atoms with Crippen molar-refractivity contribution in [3.63, 3.8) is 0 Å². The zero-order chi connectivity index (χ0) is 22.9. The van der Waals surface area contributed by atoms with Gasteiger partial charge in [0.15, 0.2) is 5.96 Å². The van der Waals surface area contributed by atoms with Crippen molar-refractivity contribution in [2.24, 2.45) is 4.99 Å². The van der Waals surface area contributed by atoms with Crippen molar-refractivity contribution in [3.05, 3.63) is 65.2 Å². The van der Waals surface area contributed by atoms with E-state index in [-0.39, 0.29) is 30.1 Å². The van der Waals surface area contributed by atoms with Crippen LogP contribution in [0.1, 0.15) is 37.5 Å². The monoisotopic (exact) mass is 554 g/mol. The molecule has 2 aromatic carbocycles. The molecule has 0 aromatic heterocycles. The van der Waals surface area contributed by atoms with Crippen molar-refractivity contribution in [2.75, 3.05) is 21.2 Å². The number of halogens is 1. The van der Waals surface area contributed by atoms with E-state index in [4.69, 9.17) is 9.47 Å². The van der Waals surface area contributed by atoms with Crippen molar-refractivity contribution >= 4 is 36.0 Å². The van der Waals surface area contributed by atoms with E-state index in [0.717, 1.165) is 28.4 Å². The molecule has 0 unspecified atom stereocenters. The predicted molar refractivity (Wildman–Crippen MR) is 140 cm³/mol. The number of aliphatic imine (C=N–C) groups is 1. The summed E-state index contributed by atoms with van der Waals surface area (Å²) in [5, 5.41) is 6.61. The summed E-state index contributed by atoms with van der Waals surface area (Å²) in [6, 6.07) is 16.0. The van der Waals surface area contributed by atoms with Crippen molar-refractivity contribution in [1.29, 1.82) is 0 Å². The van der Waals surface area contributed by atoms with Crippen LogP contribution in [0.4, 0.5) is 4.79 Å². The SMILES string of the molecule is CN=C(NCc1ccc(CN(C)C(=O)OC(C)(C)C)cc1)NCc1cccc(OC)c1.I. The van der Waals surface area contributed by atoms with Crippen molar-refractivity contribution < 1.29 is 14.3 Å². The Morgan fingerprint density at radius 3 is 2.16 bits per heavy atom. The fourth-order valence-electron chi connectivity index (χ4n) is 2.82. The molecule has 0 heterocycles. The molecule has 0 saturated heterocycles. The van der Waals surface area contributed by atoms with E-state index in [2.05, 4.69) is 15.6 Å². The average Bonchev–Trinajstić information content (AvgIpc) is 2.74. The third-order valence-electron chi connectivity index (χ3n) is 4.43. The van der Waals surface area contributed by atoms with Gasteiger partial charge in [-0.2, -0.15) is 0 Å². The number of amides is 1. The highest BCUT2D eigenvalue weighted by atomic mass is 127. The van der Waals surface area contributed by atoms with Crippen LogP contribution in [0.2, 0.25) is 0 Å². The molecule has 0 radical (unpaired) electrons. The molecule has 0 fully saturated rings. The molecular weight excluding hydrogens is 519 g/mol. The van der Waals surface area contributed by atoms with Gasteiger partial charge in [0.25, 0.3) is 0 Å². The fourth-order valence-corrected chi connectivity index (χ4v) is 2.82. The Morgan fingerprint density at radius 1 is 1.00 bits per heavy atom. The van der Waals surface area contributed by atoms with Gasteiger partial charge in [-0.15, -0.1) is 24.0 Å². The van der Waals surface area contributed by atoms with Crippen LogP contribution in [0.5, 0.6) is 5.75 Å². The van der Waals surface area contributed by atoms with E-state index in [9.17, 15) is 4.79 Å². The molecule has 0 saturated carbocycles. The third kappa shape index (κ3) is 9.76. The molecule has 2 N–H and O–H groups in total. The second-order valence-electron chi connectivity index (χ2n) is 8.28. The first kappa shape index (κ1) is 27.5. The predicted octanol–water partition coefficient (Wildman–Crippen LogP) is 4.55. The van der Waals surface area contributed by atoms with Gasteiger partial charge in [-0.05, 0) is 49.6 Å².